The summed E-state index contributed by atoms with van der Waals surface area (Å²) in [6.45, 7) is 8.71. The number of alkyl halides is 3. The van der Waals surface area contributed by atoms with Gasteiger partial charge in [-0.3, -0.25) is 5.41 Å². The van der Waals surface area contributed by atoms with Crippen LogP contribution < -0.4 is 5.73 Å². The van der Waals surface area contributed by atoms with Crippen LogP contribution in [-0.2, 0) is 16.6 Å². The minimum Gasteiger partial charge on any atom is -0.462 e. The lowest BCUT2D eigenvalue weighted by molar-refractivity contribution is -0.127. The van der Waals surface area contributed by atoms with Crippen molar-refractivity contribution in [3.8, 4) is 11.1 Å². The topological polar surface area (TPSA) is 88.5 Å². The van der Waals surface area contributed by atoms with Gasteiger partial charge in [0.05, 0.1) is 18.6 Å². The van der Waals surface area contributed by atoms with Crippen LogP contribution in [0.2, 0.25) is 0 Å². The lowest BCUT2D eigenvalue weighted by Gasteiger charge is -2.26. The van der Waals surface area contributed by atoms with E-state index in [1.807, 2.05) is 31.2 Å². The van der Waals surface area contributed by atoms with E-state index in [-0.39, 0.29) is 22.6 Å². The number of nitrogens with zero attached hydrogens (tertiary/aromatic N) is 1. The van der Waals surface area contributed by atoms with Gasteiger partial charge in [0.15, 0.2) is 5.84 Å². The Balaban J connectivity index is 1.84. The Bertz CT molecular complexity index is 1830. The zero-order valence-electron chi connectivity index (χ0n) is 25.8. The van der Waals surface area contributed by atoms with Gasteiger partial charge >= 0.3 is 12.1 Å². The molecule has 0 atom stereocenters. The second-order valence-corrected chi connectivity index (χ2v) is 13.0. The molecule has 5 nitrogen and oxygen atoms in total. The number of aliphatic imine (C=N–C) groups is 1. The van der Waals surface area contributed by atoms with Crippen molar-refractivity contribution >= 4 is 40.2 Å². The van der Waals surface area contributed by atoms with E-state index in [4.69, 9.17) is 15.9 Å². The minimum atomic E-state index is -4.44. The van der Waals surface area contributed by atoms with Gasteiger partial charge in [0.2, 0.25) is 0 Å². The molecule has 0 amide bonds. The van der Waals surface area contributed by atoms with Crippen molar-refractivity contribution in [1.82, 2.24) is 0 Å². The van der Waals surface area contributed by atoms with Crippen LogP contribution in [0, 0.1) is 5.41 Å². The monoisotopic (exact) mass is 631 g/mol. The molecule has 4 aromatic rings. The maximum absolute atomic E-state index is 13.9. The van der Waals surface area contributed by atoms with E-state index in [2.05, 4.69) is 31.8 Å². The lowest BCUT2D eigenvalue weighted by Crippen LogP contribution is -2.17. The van der Waals surface area contributed by atoms with Crippen molar-refractivity contribution in [1.29, 1.82) is 5.41 Å². The Kier molecular flexibility index (Phi) is 9.12. The Hall–Kier alpha value is -4.11. The standard InChI is InChI=1S/C36H36F3N3O2S/c1-5-7-16-44-34(43)25-14-10-11-15-27(25)45-28-19-23(35(3,4)6-2)17-22-18-26-31(33(41)42-32(26)40)30(29(22)28)24-13-9-8-12-21(24)20-36(37,38)39/h8-15,17-19H,5-7,16,20H2,1-4H3,(H3,40,41,42). The fourth-order valence-electron chi connectivity index (χ4n) is 5.50. The van der Waals surface area contributed by atoms with Gasteiger partial charge in [0, 0.05) is 31.9 Å². The summed E-state index contributed by atoms with van der Waals surface area (Å²) in [5.74, 6) is -0.377. The van der Waals surface area contributed by atoms with E-state index in [0.717, 1.165) is 35.1 Å². The number of nitrogens with two attached hydrogens (primary N) is 1. The second-order valence-electron chi connectivity index (χ2n) is 11.9. The number of fused-ring (bicyclic) bond motifs is 2. The van der Waals surface area contributed by atoms with Gasteiger partial charge in [-0.2, -0.15) is 13.2 Å². The Labute approximate surface area is 265 Å². The van der Waals surface area contributed by atoms with E-state index in [0.29, 0.717) is 44.7 Å². The SMILES string of the molecule is CCCCOC(=O)c1ccccc1Sc1cc(C(C)(C)CC)cc2cc3c(c(-c4ccccc4CC(F)(F)F)c12)C(N)=NC3=N. The van der Waals surface area contributed by atoms with Crippen LogP contribution in [-0.4, -0.2) is 30.4 Å². The van der Waals surface area contributed by atoms with Gasteiger partial charge in [0.1, 0.15) is 5.84 Å². The maximum Gasteiger partial charge on any atom is 0.393 e. The highest BCUT2D eigenvalue weighted by Gasteiger charge is 2.33. The third kappa shape index (κ3) is 6.64. The average molecular weight is 632 g/mol. The summed E-state index contributed by atoms with van der Waals surface area (Å²) >= 11 is 1.37. The predicted molar refractivity (Wildman–Crippen MR) is 176 cm³/mol. The first-order valence-corrected chi connectivity index (χ1v) is 15.8. The molecule has 1 heterocycles. The van der Waals surface area contributed by atoms with Crippen molar-refractivity contribution in [3.05, 3.63) is 94.5 Å². The van der Waals surface area contributed by atoms with E-state index in [9.17, 15) is 18.0 Å². The molecule has 0 unspecified atom stereocenters. The second kappa shape index (κ2) is 12.7. The number of hydrogen-bond acceptors (Lipinski definition) is 5. The molecule has 1 aliphatic heterocycles. The molecule has 0 saturated carbocycles. The maximum atomic E-state index is 13.9. The molecule has 0 aromatic heterocycles. The average Bonchev–Trinajstić information content (AvgIpc) is 3.28. The predicted octanol–water partition coefficient (Wildman–Crippen LogP) is 9.45. The number of esters is 1. The Morgan fingerprint density at radius 2 is 1.67 bits per heavy atom. The minimum absolute atomic E-state index is 0.0338. The molecule has 0 aliphatic carbocycles. The van der Waals surface area contributed by atoms with E-state index in [1.54, 1.807) is 30.3 Å². The molecule has 45 heavy (non-hydrogen) atoms. The van der Waals surface area contributed by atoms with Crippen LogP contribution in [0.15, 0.2) is 81.5 Å². The van der Waals surface area contributed by atoms with Crippen molar-refractivity contribution in [2.45, 2.75) is 74.8 Å². The normalized spacial score (nSPS) is 13.2. The highest BCUT2D eigenvalue weighted by Crippen LogP contribution is 2.47. The molecule has 5 rings (SSSR count). The summed E-state index contributed by atoms with van der Waals surface area (Å²) in [5, 5.41) is 10.0. The van der Waals surface area contributed by atoms with E-state index in [1.165, 1.54) is 17.8 Å². The number of halogens is 3. The van der Waals surface area contributed by atoms with Crippen molar-refractivity contribution in [2.24, 2.45) is 10.7 Å². The number of nitrogens with one attached hydrogen (secondary N) is 1. The number of carbonyl (C=O) groups excluding carboxylic acids is 1. The summed E-state index contributed by atoms with van der Waals surface area (Å²) < 4.78 is 47.1. The first kappa shape index (κ1) is 32.3. The van der Waals surface area contributed by atoms with Crippen LogP contribution in [0.1, 0.15) is 79.6 Å². The Morgan fingerprint density at radius 1 is 0.956 bits per heavy atom. The summed E-state index contributed by atoms with van der Waals surface area (Å²) in [6, 6.07) is 19.6. The van der Waals surface area contributed by atoms with Crippen molar-refractivity contribution in [2.75, 3.05) is 6.61 Å². The molecule has 0 fully saturated rings. The van der Waals surface area contributed by atoms with Gasteiger partial charge in [-0.05, 0) is 64.6 Å². The lowest BCUT2D eigenvalue weighted by atomic mass is 9.80. The molecule has 9 heteroatoms. The third-order valence-electron chi connectivity index (χ3n) is 8.35. The summed E-state index contributed by atoms with van der Waals surface area (Å²) in [7, 11) is 0. The van der Waals surface area contributed by atoms with Crippen LogP contribution in [0.4, 0.5) is 13.2 Å². The van der Waals surface area contributed by atoms with Gasteiger partial charge in [-0.1, -0.05) is 88.3 Å². The number of carbonyl (C=O) groups is 1. The first-order chi connectivity index (χ1) is 21.3. The quantitative estimate of drug-likeness (QED) is 0.135. The van der Waals surface area contributed by atoms with Crippen molar-refractivity contribution < 1.29 is 22.7 Å². The molecule has 0 spiro atoms. The molecular formula is C36H36F3N3O2S. The number of benzene rings is 4. The Morgan fingerprint density at radius 3 is 2.38 bits per heavy atom. The molecule has 234 valence electrons. The van der Waals surface area contributed by atoms with Gasteiger partial charge in [-0.25, -0.2) is 9.79 Å². The zero-order valence-corrected chi connectivity index (χ0v) is 26.6. The summed E-state index contributed by atoms with van der Waals surface area (Å²) in [4.78, 5) is 18.8. The number of hydrogen-bond donors (Lipinski definition) is 2. The summed E-state index contributed by atoms with van der Waals surface area (Å²) in [5.41, 5.74) is 9.49. The largest absolute Gasteiger partial charge is 0.462 e. The van der Waals surface area contributed by atoms with Crippen LogP contribution >= 0.6 is 11.8 Å². The van der Waals surface area contributed by atoms with E-state index >= 15 is 0 Å². The van der Waals surface area contributed by atoms with Crippen LogP contribution in [0.3, 0.4) is 0 Å². The fourth-order valence-corrected chi connectivity index (χ4v) is 6.66. The number of unbranched alkanes of at least 4 members (excludes halogenated alkanes) is 1. The highest BCUT2D eigenvalue weighted by molar-refractivity contribution is 7.99. The molecule has 3 N–H and O–H groups in total. The smallest absolute Gasteiger partial charge is 0.393 e. The number of rotatable bonds is 10. The molecule has 0 radical (unpaired) electrons. The molecular weight excluding hydrogens is 595 g/mol. The van der Waals surface area contributed by atoms with Gasteiger partial charge in [-0.15, -0.1) is 0 Å². The molecule has 1 aliphatic rings. The van der Waals surface area contributed by atoms with Crippen molar-refractivity contribution in [3.63, 3.8) is 0 Å². The zero-order chi connectivity index (χ0) is 32.5. The van der Waals surface area contributed by atoms with Crippen LogP contribution in [0.25, 0.3) is 21.9 Å². The molecule has 0 saturated heterocycles. The van der Waals surface area contributed by atoms with Crippen LogP contribution in [0.5, 0.6) is 0 Å². The summed E-state index contributed by atoms with van der Waals surface area (Å²) in [6.07, 6.45) is -3.09. The first-order valence-electron chi connectivity index (χ1n) is 15.0. The third-order valence-corrected chi connectivity index (χ3v) is 9.46. The number of amidine groups is 2. The molecule has 4 aromatic carbocycles. The number of ether oxygens (including phenoxy) is 1. The molecule has 0 bridgehead atoms. The van der Waals surface area contributed by atoms with Gasteiger partial charge < -0.3 is 10.5 Å². The van der Waals surface area contributed by atoms with Gasteiger partial charge in [0.25, 0.3) is 0 Å². The van der Waals surface area contributed by atoms with E-state index < -0.39 is 18.6 Å². The highest BCUT2D eigenvalue weighted by atomic mass is 32.2. The fraction of sp³-hybridized carbons (Fsp3) is 0.306.